The predicted octanol–water partition coefficient (Wildman–Crippen LogP) is 11.6. The van der Waals surface area contributed by atoms with Crippen LogP contribution in [-0.2, 0) is 4.43 Å². The van der Waals surface area contributed by atoms with Crippen molar-refractivity contribution in [3.8, 4) is 5.88 Å². The molecule has 0 saturated heterocycles. The summed E-state index contributed by atoms with van der Waals surface area (Å²) in [4.78, 5) is 4.56. The Hall–Kier alpha value is -1.71. The van der Waals surface area contributed by atoms with Crippen molar-refractivity contribution < 1.29 is 75.0 Å². The second-order valence-electron chi connectivity index (χ2n) is 14.2. The first-order chi connectivity index (χ1) is 22.0. The van der Waals surface area contributed by atoms with Crippen LogP contribution in [0, 0.1) is 12.8 Å². The van der Waals surface area contributed by atoms with Gasteiger partial charge in [0.15, 0.2) is 8.32 Å². The number of methoxy groups -OCH3 is 1. The first kappa shape index (κ1) is 46.3. The van der Waals surface area contributed by atoms with Gasteiger partial charge in [0, 0.05) is 17.3 Å². The molecule has 3 nitrogen and oxygen atoms in total. The van der Waals surface area contributed by atoms with E-state index in [0.717, 1.165) is 0 Å². The quantitative estimate of drug-likeness (QED) is 0.116. The van der Waals surface area contributed by atoms with Crippen LogP contribution in [0.25, 0.3) is 0 Å². The highest BCUT2D eigenvalue weighted by atomic mass is 28.4. The number of aromatic nitrogens is 1. The Balaban J connectivity index is 3.85. The Kier molecular flexibility index (Phi) is 13.5. The molecule has 294 valence electrons. The second-order valence-corrected chi connectivity index (χ2v) is 24.2. The van der Waals surface area contributed by atoms with Gasteiger partial charge >= 0.3 is 41.7 Å². The minimum Gasteiger partial charge on any atom is -0.481 e. The number of hydrogen-bond donors (Lipinski definition) is 0. The highest BCUT2D eigenvalue weighted by Crippen LogP contribution is 2.63. The number of nitrogens with zero attached hydrogens (tertiary/aromatic N) is 1. The van der Waals surface area contributed by atoms with Gasteiger partial charge in [-0.15, -0.1) is 0 Å². The van der Waals surface area contributed by atoms with E-state index >= 15 is 8.78 Å². The number of hydrogen-bond acceptors (Lipinski definition) is 3. The standard InChI is InChI=1S/C30H44F15NO2Si2/c1-12-18(6)22(20-15-21(49(9,10)11)46-23(47-8)19(20)7)48-50(16(2)3,17(4)5)14-13-24(31,32)25(33,34)26(35,36)27(37,38)28(39,40)29(41,42)30(43,44)45/h15-18,22H,12-14H2,1-11H3. The Morgan fingerprint density at radius 1 is 0.700 bits per heavy atom. The summed E-state index contributed by atoms with van der Waals surface area (Å²) in [6.45, 7) is 16.9. The van der Waals surface area contributed by atoms with Crippen molar-refractivity contribution >= 4 is 21.7 Å². The first-order valence-electron chi connectivity index (χ1n) is 15.6. The molecule has 2 atom stereocenters. The molecule has 0 fully saturated rings. The van der Waals surface area contributed by atoms with Crippen molar-refractivity contribution in [3.05, 3.63) is 17.2 Å². The lowest BCUT2D eigenvalue weighted by Crippen LogP contribution is -2.72. The number of halogens is 15. The summed E-state index contributed by atoms with van der Waals surface area (Å²) in [7, 11) is -4.80. The van der Waals surface area contributed by atoms with Gasteiger partial charge in [-0.25, -0.2) is 4.98 Å². The lowest BCUT2D eigenvalue weighted by molar-refractivity contribution is -0.452. The van der Waals surface area contributed by atoms with E-state index < -0.39 is 93.7 Å². The summed E-state index contributed by atoms with van der Waals surface area (Å²) in [5.74, 6) is -46.8. The molecule has 0 aliphatic rings. The fourth-order valence-corrected chi connectivity index (χ4v) is 11.2. The van der Waals surface area contributed by atoms with Gasteiger partial charge in [-0.05, 0) is 41.6 Å². The SMILES string of the molecule is CCC(C)C(O[Si](CCC(F)(F)C(F)(F)C(F)(F)C(F)(F)C(F)(F)C(F)(F)C(F)(F)F)(C(C)C)C(C)C)c1cc([Si](C)(C)C)nc(OC)c1C. The molecule has 0 radical (unpaired) electrons. The third-order valence-electron chi connectivity index (χ3n) is 9.22. The summed E-state index contributed by atoms with van der Waals surface area (Å²) in [6, 6.07) is 0.569. The lowest BCUT2D eigenvalue weighted by atomic mass is 9.90. The summed E-state index contributed by atoms with van der Waals surface area (Å²) >= 11 is 0. The van der Waals surface area contributed by atoms with E-state index in [2.05, 4.69) is 4.98 Å². The van der Waals surface area contributed by atoms with E-state index in [1.807, 2.05) is 19.6 Å². The van der Waals surface area contributed by atoms with Crippen molar-refractivity contribution in [2.75, 3.05) is 7.11 Å². The van der Waals surface area contributed by atoms with E-state index in [1.165, 1.54) is 34.8 Å². The molecule has 0 aromatic carbocycles. The van der Waals surface area contributed by atoms with Crippen molar-refractivity contribution in [1.82, 2.24) is 4.98 Å². The van der Waals surface area contributed by atoms with Crippen LogP contribution >= 0.6 is 0 Å². The Morgan fingerprint density at radius 3 is 1.48 bits per heavy atom. The molecule has 20 heteroatoms. The molecular formula is C30H44F15NO2Si2. The number of alkyl halides is 15. The molecule has 2 unspecified atom stereocenters. The zero-order valence-corrected chi connectivity index (χ0v) is 31.4. The predicted molar refractivity (Wildman–Crippen MR) is 163 cm³/mol. The van der Waals surface area contributed by atoms with Gasteiger partial charge in [-0.1, -0.05) is 67.6 Å². The molecule has 50 heavy (non-hydrogen) atoms. The highest BCUT2D eigenvalue weighted by Gasteiger charge is 2.93. The summed E-state index contributed by atoms with van der Waals surface area (Å²) in [6.07, 6.45) is -10.6. The largest absolute Gasteiger partial charge is 0.481 e. The normalized spacial score (nSPS) is 16.3. The van der Waals surface area contributed by atoms with Crippen molar-refractivity contribution in [1.29, 1.82) is 0 Å². The molecule has 0 amide bonds. The summed E-state index contributed by atoms with van der Waals surface area (Å²) in [5, 5.41) is 0.649. The molecule has 0 aliphatic carbocycles. The smallest absolute Gasteiger partial charge is 0.460 e. The van der Waals surface area contributed by atoms with Crippen LogP contribution in [0.5, 0.6) is 5.88 Å². The van der Waals surface area contributed by atoms with Crippen LogP contribution in [0.3, 0.4) is 0 Å². The van der Waals surface area contributed by atoms with E-state index in [4.69, 9.17) is 9.16 Å². The second kappa shape index (κ2) is 14.6. The van der Waals surface area contributed by atoms with Gasteiger partial charge < -0.3 is 9.16 Å². The van der Waals surface area contributed by atoms with E-state index in [-0.39, 0.29) is 5.88 Å². The molecule has 0 N–H and O–H groups in total. The minimum atomic E-state index is -8.32. The van der Waals surface area contributed by atoms with Crippen LogP contribution < -0.4 is 10.1 Å². The van der Waals surface area contributed by atoms with Gasteiger partial charge in [-0.3, -0.25) is 0 Å². The molecule has 0 spiro atoms. The van der Waals surface area contributed by atoms with Gasteiger partial charge in [-0.2, -0.15) is 65.9 Å². The third-order valence-corrected chi connectivity index (χ3v) is 16.6. The molecule has 1 rings (SSSR count). The zero-order chi connectivity index (χ0) is 40.1. The molecule has 1 aromatic rings. The van der Waals surface area contributed by atoms with Crippen LogP contribution in [0.15, 0.2) is 6.07 Å². The Bertz CT molecular complexity index is 1300. The van der Waals surface area contributed by atoms with Crippen LogP contribution in [-0.4, -0.2) is 70.2 Å². The fraction of sp³-hybridized carbons (Fsp3) is 0.833. The van der Waals surface area contributed by atoms with E-state index in [1.54, 1.807) is 26.8 Å². The molecule has 0 saturated carbocycles. The van der Waals surface area contributed by atoms with Gasteiger partial charge in [0.25, 0.3) is 0 Å². The Morgan fingerprint density at radius 2 is 1.12 bits per heavy atom. The monoisotopic (exact) mass is 791 g/mol. The van der Waals surface area contributed by atoms with Crippen molar-refractivity contribution in [2.24, 2.45) is 5.92 Å². The molecule has 1 aromatic heterocycles. The minimum absolute atomic E-state index is 0.209. The maximum absolute atomic E-state index is 15.2. The van der Waals surface area contributed by atoms with Crippen LogP contribution in [0.4, 0.5) is 65.9 Å². The van der Waals surface area contributed by atoms with Crippen LogP contribution in [0.1, 0.15) is 71.6 Å². The van der Waals surface area contributed by atoms with E-state index in [9.17, 15) is 57.1 Å². The number of ether oxygens (including phenoxy) is 1. The van der Waals surface area contributed by atoms with E-state index in [0.29, 0.717) is 22.9 Å². The average molecular weight is 792 g/mol. The fourth-order valence-electron chi connectivity index (χ4n) is 5.50. The summed E-state index contributed by atoms with van der Waals surface area (Å²) in [5.41, 5.74) is -0.560. The average Bonchev–Trinajstić information content (AvgIpc) is 2.95. The number of rotatable bonds is 17. The Labute approximate surface area is 283 Å². The summed E-state index contributed by atoms with van der Waals surface area (Å²) < 4.78 is 221. The third kappa shape index (κ3) is 7.81. The maximum Gasteiger partial charge on any atom is 0.460 e. The van der Waals surface area contributed by atoms with Crippen molar-refractivity contribution in [2.45, 2.75) is 146 Å². The van der Waals surface area contributed by atoms with Gasteiger partial charge in [0.05, 0.1) is 13.2 Å². The highest BCUT2D eigenvalue weighted by molar-refractivity contribution is 6.88. The number of pyridine rings is 1. The zero-order valence-electron chi connectivity index (χ0n) is 29.4. The molecule has 1 heterocycles. The molecule has 0 aliphatic heterocycles. The maximum atomic E-state index is 15.2. The first-order valence-corrected chi connectivity index (χ1v) is 21.3. The van der Waals surface area contributed by atoms with Crippen LogP contribution in [0.2, 0.25) is 36.8 Å². The molecular weight excluding hydrogens is 747 g/mol. The van der Waals surface area contributed by atoms with Gasteiger partial charge in [0.1, 0.15) is 8.07 Å². The van der Waals surface area contributed by atoms with Gasteiger partial charge in [0.2, 0.25) is 5.88 Å². The lowest BCUT2D eigenvalue weighted by Gasteiger charge is -2.45. The topological polar surface area (TPSA) is 31.4 Å². The van der Waals surface area contributed by atoms with Crippen molar-refractivity contribution in [3.63, 3.8) is 0 Å². The molecule has 0 bridgehead atoms.